The van der Waals surface area contributed by atoms with Crippen LogP contribution in [0.3, 0.4) is 0 Å². The number of benzene rings is 1. The van der Waals surface area contributed by atoms with Crippen LogP contribution in [-0.2, 0) is 0 Å². The first kappa shape index (κ1) is 10.8. The molecule has 0 aromatic heterocycles. The van der Waals surface area contributed by atoms with Gasteiger partial charge in [0.15, 0.2) is 0 Å². The van der Waals surface area contributed by atoms with Crippen LogP contribution in [-0.4, -0.2) is 38.8 Å². The van der Waals surface area contributed by atoms with Gasteiger partial charge < -0.3 is 15.1 Å². The molecule has 0 aliphatic carbocycles. The summed E-state index contributed by atoms with van der Waals surface area (Å²) in [5.74, 6) is 0. The van der Waals surface area contributed by atoms with Crippen LogP contribution in [0.2, 0.25) is 0 Å². The van der Waals surface area contributed by atoms with Gasteiger partial charge in [-0.1, -0.05) is 15.9 Å². The number of halogens is 1. The van der Waals surface area contributed by atoms with Crippen molar-refractivity contribution in [3.63, 3.8) is 0 Å². The smallest absolute Gasteiger partial charge is 0.0878 e. The van der Waals surface area contributed by atoms with E-state index in [2.05, 4.69) is 63.3 Å². The number of nitrogens with one attached hydrogen (secondary N) is 1. The van der Waals surface area contributed by atoms with Crippen molar-refractivity contribution >= 4 is 27.3 Å². The fourth-order valence-electron chi connectivity index (χ4n) is 1.70. The van der Waals surface area contributed by atoms with Crippen molar-refractivity contribution in [2.75, 3.05) is 44.1 Å². The number of rotatable bonds is 3. The molecule has 15 heavy (non-hydrogen) atoms. The summed E-state index contributed by atoms with van der Waals surface area (Å²) in [6, 6.07) is 6.36. The third-order valence-corrected chi connectivity index (χ3v) is 3.07. The van der Waals surface area contributed by atoms with Crippen molar-refractivity contribution in [1.29, 1.82) is 0 Å². The van der Waals surface area contributed by atoms with E-state index in [9.17, 15) is 0 Å². The minimum atomic E-state index is 0.916. The minimum absolute atomic E-state index is 0.916. The second kappa shape index (κ2) is 4.41. The van der Waals surface area contributed by atoms with E-state index < -0.39 is 0 Å². The Labute approximate surface area is 99.2 Å². The lowest BCUT2D eigenvalue weighted by atomic mass is 10.2. The first-order valence-electron chi connectivity index (χ1n) is 5.10. The van der Waals surface area contributed by atoms with Crippen LogP contribution in [0.5, 0.6) is 0 Å². The fourth-order valence-corrected chi connectivity index (χ4v) is 2.05. The van der Waals surface area contributed by atoms with Gasteiger partial charge in [-0.05, 0) is 32.3 Å². The van der Waals surface area contributed by atoms with E-state index in [1.165, 1.54) is 11.4 Å². The number of hydrogen-bond donors (Lipinski definition) is 1. The lowest BCUT2D eigenvalue weighted by Crippen LogP contribution is -2.31. The fraction of sp³-hybridized carbons (Fsp3) is 0.455. The molecule has 0 radical (unpaired) electrons. The Morgan fingerprint density at radius 2 is 2.27 bits per heavy atom. The molecule has 0 unspecified atom stereocenters. The molecule has 0 saturated heterocycles. The average molecular weight is 270 g/mol. The number of anilines is 2. The summed E-state index contributed by atoms with van der Waals surface area (Å²) in [6.07, 6.45) is 0. The number of hydrogen-bond acceptors (Lipinski definition) is 3. The summed E-state index contributed by atoms with van der Waals surface area (Å²) in [7, 11) is 4.21. The Kier molecular flexibility index (Phi) is 3.17. The van der Waals surface area contributed by atoms with Crippen molar-refractivity contribution in [2.45, 2.75) is 0 Å². The van der Waals surface area contributed by atoms with Crippen molar-refractivity contribution < 1.29 is 0 Å². The van der Waals surface area contributed by atoms with E-state index in [1.807, 2.05) is 0 Å². The maximum Gasteiger partial charge on any atom is 0.0878 e. The molecule has 1 aliphatic rings. The molecular formula is C11H16BrN3. The third-order valence-electron chi connectivity index (χ3n) is 2.58. The summed E-state index contributed by atoms with van der Waals surface area (Å²) in [5.41, 5.74) is 2.53. The summed E-state index contributed by atoms with van der Waals surface area (Å²) in [5, 5.41) is 3.39. The van der Waals surface area contributed by atoms with Gasteiger partial charge in [-0.3, -0.25) is 0 Å². The highest BCUT2D eigenvalue weighted by Gasteiger charge is 2.17. The second-order valence-electron chi connectivity index (χ2n) is 4.06. The molecule has 0 amide bonds. The highest BCUT2D eigenvalue weighted by atomic mass is 79.9. The van der Waals surface area contributed by atoms with Gasteiger partial charge in [0.2, 0.25) is 0 Å². The molecule has 82 valence electrons. The average Bonchev–Trinajstić information content (AvgIpc) is 2.57. The van der Waals surface area contributed by atoms with Gasteiger partial charge in [-0.2, -0.15) is 0 Å². The molecule has 0 bridgehead atoms. The monoisotopic (exact) mass is 269 g/mol. The highest BCUT2D eigenvalue weighted by molar-refractivity contribution is 9.10. The number of nitrogens with zero attached hydrogens (tertiary/aromatic N) is 2. The normalized spacial score (nSPS) is 14.3. The van der Waals surface area contributed by atoms with Crippen LogP contribution in [0.15, 0.2) is 22.7 Å². The summed E-state index contributed by atoms with van der Waals surface area (Å²) < 4.78 is 1.14. The van der Waals surface area contributed by atoms with Crippen LogP contribution < -0.4 is 10.2 Å². The third kappa shape index (κ3) is 2.44. The van der Waals surface area contributed by atoms with Gasteiger partial charge in [0.05, 0.1) is 18.0 Å². The molecule has 1 aromatic rings. The Morgan fingerprint density at radius 1 is 1.47 bits per heavy atom. The highest BCUT2D eigenvalue weighted by Crippen LogP contribution is 2.33. The Bertz CT molecular complexity index is 352. The van der Waals surface area contributed by atoms with E-state index >= 15 is 0 Å². The van der Waals surface area contributed by atoms with E-state index in [0.29, 0.717) is 0 Å². The van der Waals surface area contributed by atoms with Crippen molar-refractivity contribution in [1.82, 2.24) is 4.90 Å². The molecule has 3 nitrogen and oxygen atoms in total. The predicted octanol–water partition coefficient (Wildman–Crippen LogP) is 2.20. The van der Waals surface area contributed by atoms with Gasteiger partial charge in [-0.25, -0.2) is 0 Å². The van der Waals surface area contributed by atoms with Crippen LogP contribution >= 0.6 is 15.9 Å². The molecule has 2 rings (SSSR count). The molecule has 0 atom stereocenters. The van der Waals surface area contributed by atoms with Crippen LogP contribution in [0.1, 0.15) is 0 Å². The summed E-state index contributed by atoms with van der Waals surface area (Å²) in [6.45, 7) is 3.05. The maximum absolute atomic E-state index is 3.51. The van der Waals surface area contributed by atoms with Gasteiger partial charge >= 0.3 is 0 Å². The van der Waals surface area contributed by atoms with Crippen molar-refractivity contribution in [3.8, 4) is 0 Å². The molecule has 4 heteroatoms. The van der Waals surface area contributed by atoms with Crippen molar-refractivity contribution in [3.05, 3.63) is 22.7 Å². The molecule has 1 aliphatic heterocycles. The van der Waals surface area contributed by atoms with E-state index in [4.69, 9.17) is 0 Å². The topological polar surface area (TPSA) is 18.5 Å². The first-order valence-corrected chi connectivity index (χ1v) is 5.89. The predicted molar refractivity (Wildman–Crippen MR) is 68.5 cm³/mol. The van der Waals surface area contributed by atoms with Crippen molar-refractivity contribution in [2.24, 2.45) is 0 Å². The molecule has 1 aromatic carbocycles. The van der Waals surface area contributed by atoms with Gasteiger partial charge in [0.25, 0.3) is 0 Å². The SMILES string of the molecule is CN(C)CCN1CNc2ccc(Br)cc21. The maximum atomic E-state index is 3.51. The quantitative estimate of drug-likeness (QED) is 0.908. The Balaban J connectivity index is 2.10. The zero-order valence-corrected chi connectivity index (χ0v) is 10.7. The zero-order chi connectivity index (χ0) is 10.8. The Morgan fingerprint density at radius 3 is 3.00 bits per heavy atom. The van der Waals surface area contributed by atoms with Gasteiger partial charge in [0.1, 0.15) is 0 Å². The largest absolute Gasteiger partial charge is 0.366 e. The molecule has 1 heterocycles. The summed E-state index contributed by atoms with van der Waals surface area (Å²) >= 11 is 3.51. The van der Waals surface area contributed by atoms with E-state index in [-0.39, 0.29) is 0 Å². The van der Waals surface area contributed by atoms with E-state index in [1.54, 1.807) is 0 Å². The van der Waals surface area contributed by atoms with E-state index in [0.717, 1.165) is 24.2 Å². The van der Waals surface area contributed by atoms with Crippen LogP contribution in [0.25, 0.3) is 0 Å². The standard InChI is InChI=1S/C11H16BrN3/c1-14(2)5-6-15-8-13-10-4-3-9(12)7-11(10)15/h3-4,7,13H,5-6,8H2,1-2H3. The Hall–Kier alpha value is -0.740. The second-order valence-corrected chi connectivity index (χ2v) is 4.98. The molecular weight excluding hydrogens is 254 g/mol. The lowest BCUT2D eigenvalue weighted by Gasteiger charge is -2.20. The number of likely N-dealkylation sites (N-methyl/N-ethyl adjacent to an activating group) is 1. The molecule has 0 spiro atoms. The number of fused-ring (bicyclic) bond motifs is 1. The molecule has 1 N–H and O–H groups in total. The summed E-state index contributed by atoms with van der Waals surface area (Å²) in [4.78, 5) is 4.57. The van der Waals surface area contributed by atoms with Crippen LogP contribution in [0, 0.1) is 0 Å². The van der Waals surface area contributed by atoms with Gasteiger partial charge in [0, 0.05) is 17.6 Å². The van der Waals surface area contributed by atoms with Gasteiger partial charge in [-0.15, -0.1) is 0 Å². The minimum Gasteiger partial charge on any atom is -0.366 e. The zero-order valence-electron chi connectivity index (χ0n) is 9.13. The van der Waals surface area contributed by atoms with Crippen LogP contribution in [0.4, 0.5) is 11.4 Å². The lowest BCUT2D eigenvalue weighted by molar-refractivity contribution is 0.415. The first-order chi connectivity index (χ1) is 7.16. The molecule has 0 fully saturated rings. The molecule has 0 saturated carbocycles.